The number of halogens is 2. The number of rotatable bonds is 2. The number of aliphatic hydroxyl groups is 1. The highest BCUT2D eigenvalue weighted by atomic mass is 19.3. The molecule has 8 heteroatoms. The maximum atomic E-state index is 13.4. The quantitative estimate of drug-likeness (QED) is 0.790. The molecule has 1 aliphatic rings. The number of nitrogens with zero attached hydrogens (tertiary/aromatic N) is 1. The first-order chi connectivity index (χ1) is 8.39. The average Bonchev–Trinajstić information content (AvgIpc) is 2.59. The number of carboxylic acid groups (broad SMARTS) is 1. The van der Waals surface area contributed by atoms with Crippen molar-refractivity contribution in [2.75, 3.05) is 13.1 Å². The van der Waals surface area contributed by atoms with Gasteiger partial charge >= 0.3 is 18.0 Å². The van der Waals surface area contributed by atoms with Crippen LogP contribution in [-0.2, 0) is 9.53 Å². The second kappa shape index (κ2) is 4.59. The van der Waals surface area contributed by atoms with Gasteiger partial charge in [-0.3, -0.25) is 0 Å². The SMILES string of the molecule is CC(C)(C)OC(=O)N1CCC(O)(C(F)(F)C(=O)O)C1. The van der Waals surface area contributed by atoms with Gasteiger partial charge in [-0.05, 0) is 20.8 Å². The third kappa shape index (κ3) is 3.12. The molecule has 2 N–H and O–H groups in total. The van der Waals surface area contributed by atoms with Crippen molar-refractivity contribution in [3.63, 3.8) is 0 Å². The van der Waals surface area contributed by atoms with Crippen LogP contribution in [0.15, 0.2) is 0 Å². The van der Waals surface area contributed by atoms with Gasteiger partial charge in [0.05, 0.1) is 6.54 Å². The maximum absolute atomic E-state index is 13.4. The van der Waals surface area contributed by atoms with Crippen molar-refractivity contribution in [2.24, 2.45) is 0 Å². The van der Waals surface area contributed by atoms with Gasteiger partial charge in [-0.1, -0.05) is 0 Å². The number of alkyl halides is 2. The molecule has 1 rings (SSSR count). The molecule has 1 saturated heterocycles. The van der Waals surface area contributed by atoms with Gasteiger partial charge in [-0.25, -0.2) is 9.59 Å². The van der Waals surface area contributed by atoms with Gasteiger partial charge in [-0.15, -0.1) is 0 Å². The van der Waals surface area contributed by atoms with Gasteiger partial charge in [0.1, 0.15) is 5.60 Å². The van der Waals surface area contributed by atoms with Crippen LogP contribution in [0.3, 0.4) is 0 Å². The van der Waals surface area contributed by atoms with Crippen molar-refractivity contribution in [1.29, 1.82) is 0 Å². The molecule has 1 amide bonds. The third-order valence-electron chi connectivity index (χ3n) is 2.75. The van der Waals surface area contributed by atoms with E-state index in [9.17, 15) is 23.5 Å². The van der Waals surface area contributed by atoms with Crippen molar-refractivity contribution < 1.29 is 33.3 Å². The minimum atomic E-state index is -4.32. The lowest BCUT2D eigenvalue weighted by atomic mass is 9.95. The number of likely N-dealkylation sites (tertiary alicyclic amines) is 1. The highest BCUT2D eigenvalue weighted by molar-refractivity contribution is 5.78. The van der Waals surface area contributed by atoms with Crippen LogP contribution >= 0.6 is 0 Å². The summed E-state index contributed by atoms with van der Waals surface area (Å²) in [7, 11) is 0. The van der Waals surface area contributed by atoms with Gasteiger partial charge in [0.25, 0.3) is 0 Å². The van der Waals surface area contributed by atoms with E-state index in [-0.39, 0.29) is 6.54 Å². The fourth-order valence-electron chi connectivity index (χ4n) is 1.73. The first kappa shape index (κ1) is 15.6. The number of carbonyl (C=O) groups excluding carboxylic acids is 1. The molecule has 1 fully saturated rings. The lowest BCUT2D eigenvalue weighted by Gasteiger charge is -2.29. The Kier molecular flexibility index (Phi) is 3.77. The number of carbonyl (C=O) groups is 2. The molecular formula is C11H17F2NO5. The van der Waals surface area contributed by atoms with Crippen LogP contribution < -0.4 is 0 Å². The minimum absolute atomic E-state index is 0.186. The molecular weight excluding hydrogens is 264 g/mol. The molecule has 1 unspecified atom stereocenters. The Morgan fingerprint density at radius 2 is 1.84 bits per heavy atom. The van der Waals surface area contributed by atoms with Crippen molar-refractivity contribution in [1.82, 2.24) is 4.90 Å². The second-order valence-corrected chi connectivity index (χ2v) is 5.56. The van der Waals surface area contributed by atoms with Crippen LogP contribution in [0.1, 0.15) is 27.2 Å². The number of aliphatic carboxylic acids is 1. The van der Waals surface area contributed by atoms with E-state index < -0.39 is 42.2 Å². The molecule has 0 spiro atoms. The van der Waals surface area contributed by atoms with E-state index in [1.54, 1.807) is 20.8 Å². The van der Waals surface area contributed by atoms with E-state index in [0.29, 0.717) is 0 Å². The average molecular weight is 281 g/mol. The summed E-state index contributed by atoms with van der Waals surface area (Å²) in [5.74, 6) is -6.73. The highest BCUT2D eigenvalue weighted by Crippen LogP contribution is 2.37. The first-order valence-electron chi connectivity index (χ1n) is 5.70. The highest BCUT2D eigenvalue weighted by Gasteiger charge is 2.62. The molecule has 0 saturated carbocycles. The van der Waals surface area contributed by atoms with E-state index >= 15 is 0 Å². The van der Waals surface area contributed by atoms with Crippen LogP contribution in [0.25, 0.3) is 0 Å². The molecule has 6 nitrogen and oxygen atoms in total. The van der Waals surface area contributed by atoms with Crippen LogP contribution in [-0.4, -0.2) is 57.4 Å². The van der Waals surface area contributed by atoms with E-state index in [1.165, 1.54) is 0 Å². The van der Waals surface area contributed by atoms with E-state index in [0.717, 1.165) is 4.90 Å². The summed E-state index contributed by atoms with van der Waals surface area (Å²) in [4.78, 5) is 23.0. The molecule has 0 aromatic heterocycles. The zero-order valence-corrected chi connectivity index (χ0v) is 10.9. The first-order valence-corrected chi connectivity index (χ1v) is 5.70. The summed E-state index contributed by atoms with van der Waals surface area (Å²) in [6.45, 7) is 3.87. The Morgan fingerprint density at radius 3 is 2.26 bits per heavy atom. The van der Waals surface area contributed by atoms with Crippen molar-refractivity contribution in [3.8, 4) is 0 Å². The summed E-state index contributed by atoms with van der Waals surface area (Å²) in [5, 5.41) is 18.2. The topological polar surface area (TPSA) is 87.1 Å². The lowest BCUT2D eigenvalue weighted by Crippen LogP contribution is -2.55. The largest absolute Gasteiger partial charge is 0.477 e. The minimum Gasteiger partial charge on any atom is -0.477 e. The van der Waals surface area contributed by atoms with Gasteiger partial charge in [0.2, 0.25) is 0 Å². The van der Waals surface area contributed by atoms with Gasteiger partial charge < -0.3 is 19.8 Å². The summed E-state index contributed by atoms with van der Waals surface area (Å²) in [6.07, 6.45) is -1.38. The van der Waals surface area contributed by atoms with Gasteiger partial charge in [-0.2, -0.15) is 8.78 Å². The Hall–Kier alpha value is -1.44. The van der Waals surface area contributed by atoms with Crippen LogP contribution in [0, 0.1) is 0 Å². The monoisotopic (exact) mass is 281 g/mol. The van der Waals surface area contributed by atoms with Crippen molar-refractivity contribution in [3.05, 3.63) is 0 Å². The second-order valence-electron chi connectivity index (χ2n) is 5.56. The molecule has 0 aromatic carbocycles. The standard InChI is InChI=1S/C11H17F2NO5/c1-9(2,3)19-8(17)14-5-4-10(18,6-14)11(12,13)7(15)16/h18H,4-6H2,1-3H3,(H,15,16). The van der Waals surface area contributed by atoms with E-state index in [4.69, 9.17) is 9.84 Å². The summed E-state index contributed by atoms with van der Waals surface area (Å²) < 4.78 is 31.7. The van der Waals surface area contributed by atoms with Gasteiger partial charge in [0, 0.05) is 13.0 Å². The summed E-state index contributed by atoms with van der Waals surface area (Å²) in [6, 6.07) is 0. The fraction of sp³-hybridized carbons (Fsp3) is 0.818. The van der Waals surface area contributed by atoms with Gasteiger partial charge in [0.15, 0.2) is 5.60 Å². The smallest absolute Gasteiger partial charge is 0.410 e. The molecule has 110 valence electrons. The van der Waals surface area contributed by atoms with E-state index in [2.05, 4.69) is 0 Å². The van der Waals surface area contributed by atoms with Crippen LogP contribution in [0.5, 0.6) is 0 Å². The van der Waals surface area contributed by atoms with Crippen LogP contribution in [0.2, 0.25) is 0 Å². The molecule has 0 radical (unpaired) electrons. The van der Waals surface area contributed by atoms with Crippen molar-refractivity contribution >= 4 is 12.1 Å². The zero-order chi connectivity index (χ0) is 15.1. The third-order valence-corrected chi connectivity index (χ3v) is 2.75. The molecule has 0 aliphatic carbocycles. The molecule has 1 aliphatic heterocycles. The molecule has 0 bridgehead atoms. The molecule has 19 heavy (non-hydrogen) atoms. The van der Waals surface area contributed by atoms with Crippen LogP contribution in [0.4, 0.5) is 13.6 Å². The normalized spacial score (nSPS) is 24.4. The Morgan fingerprint density at radius 1 is 1.32 bits per heavy atom. The maximum Gasteiger partial charge on any atom is 0.410 e. The molecule has 1 heterocycles. The Bertz CT molecular complexity index is 393. The number of carboxylic acids is 1. The number of hydrogen-bond acceptors (Lipinski definition) is 4. The zero-order valence-electron chi connectivity index (χ0n) is 10.9. The summed E-state index contributed by atoms with van der Waals surface area (Å²) in [5.41, 5.74) is -3.57. The predicted molar refractivity (Wildman–Crippen MR) is 60.0 cm³/mol. The molecule has 1 atom stereocenters. The number of amides is 1. The number of hydrogen-bond donors (Lipinski definition) is 2. The Labute approximate surface area is 108 Å². The Balaban J connectivity index is 2.78. The predicted octanol–water partition coefficient (Wildman–Crippen LogP) is 1.08. The lowest BCUT2D eigenvalue weighted by molar-refractivity contribution is -0.204. The number of β-amino-alcohol motifs (C(OH)–C–C–N with tert-alkyl or cyclic N) is 1. The summed E-state index contributed by atoms with van der Waals surface area (Å²) >= 11 is 0. The van der Waals surface area contributed by atoms with E-state index in [1.807, 2.05) is 0 Å². The van der Waals surface area contributed by atoms with Crippen molar-refractivity contribution in [2.45, 2.75) is 44.3 Å². The molecule has 0 aromatic rings. The fourth-order valence-corrected chi connectivity index (χ4v) is 1.73. The number of ether oxygens (including phenoxy) is 1.